The number of imidazole rings is 1. The van der Waals surface area contributed by atoms with Crippen molar-refractivity contribution in [3.63, 3.8) is 0 Å². The Balaban J connectivity index is 1.58. The molecule has 1 amide bonds. The predicted octanol–water partition coefficient (Wildman–Crippen LogP) is 0.201. The fourth-order valence-electron chi connectivity index (χ4n) is 2.96. The summed E-state index contributed by atoms with van der Waals surface area (Å²) in [5, 5.41) is 2.92. The van der Waals surface area contributed by atoms with Gasteiger partial charge in [-0.1, -0.05) is 6.92 Å². The van der Waals surface area contributed by atoms with E-state index in [1.165, 1.54) is 10.8 Å². The van der Waals surface area contributed by atoms with Gasteiger partial charge in [0, 0.05) is 49.1 Å². The van der Waals surface area contributed by atoms with Crippen LogP contribution in [-0.2, 0) is 24.3 Å². The molecule has 0 atom stereocenters. The minimum Gasteiger partial charge on any atom is -0.354 e. The Morgan fingerprint density at radius 2 is 2.12 bits per heavy atom. The first-order valence-electron chi connectivity index (χ1n) is 8.49. The summed E-state index contributed by atoms with van der Waals surface area (Å²) in [7, 11) is 0. The van der Waals surface area contributed by atoms with Crippen molar-refractivity contribution in [3.05, 3.63) is 50.8 Å². The van der Waals surface area contributed by atoms with E-state index >= 15 is 0 Å². The van der Waals surface area contributed by atoms with Gasteiger partial charge in [0.1, 0.15) is 12.4 Å². The molecule has 0 radical (unpaired) electrons. The lowest BCUT2D eigenvalue weighted by Gasteiger charge is -2.18. The highest BCUT2D eigenvalue weighted by Gasteiger charge is 2.43. The number of carbonyl (C=O) groups is 1. The van der Waals surface area contributed by atoms with E-state index in [9.17, 15) is 14.4 Å². The third kappa shape index (κ3) is 3.89. The standard InChI is InChI=1S/C17H23N5O3/c1-3-13-18-6-7-21(13)11-17(4-5-17)10-19-14(23)9-22-8-12(2)15(24)20-16(22)25/h6-8H,3-5,9-11H2,1-2H3,(H,19,23)(H,20,24,25). The highest BCUT2D eigenvalue weighted by Crippen LogP contribution is 2.46. The van der Waals surface area contributed by atoms with Crippen LogP contribution in [0, 0.1) is 12.3 Å². The number of amides is 1. The Morgan fingerprint density at radius 1 is 1.36 bits per heavy atom. The second-order valence-electron chi connectivity index (χ2n) is 6.80. The van der Waals surface area contributed by atoms with Gasteiger partial charge in [-0.25, -0.2) is 9.78 Å². The van der Waals surface area contributed by atoms with E-state index in [4.69, 9.17) is 0 Å². The molecule has 1 aliphatic rings. The molecule has 2 heterocycles. The second-order valence-corrected chi connectivity index (χ2v) is 6.80. The monoisotopic (exact) mass is 345 g/mol. The molecule has 1 saturated carbocycles. The molecule has 0 unspecified atom stereocenters. The molecule has 8 nitrogen and oxygen atoms in total. The fourth-order valence-corrected chi connectivity index (χ4v) is 2.96. The van der Waals surface area contributed by atoms with Crippen molar-refractivity contribution >= 4 is 5.91 Å². The van der Waals surface area contributed by atoms with Crippen LogP contribution >= 0.6 is 0 Å². The average molecular weight is 345 g/mol. The summed E-state index contributed by atoms with van der Waals surface area (Å²) < 4.78 is 3.37. The number of carbonyl (C=O) groups excluding carboxylic acids is 1. The van der Waals surface area contributed by atoms with Crippen LogP contribution in [-0.4, -0.2) is 31.6 Å². The number of aryl methyl sites for hydroxylation is 2. The number of hydrogen-bond donors (Lipinski definition) is 2. The van der Waals surface area contributed by atoms with Crippen molar-refractivity contribution in [2.75, 3.05) is 6.54 Å². The summed E-state index contributed by atoms with van der Waals surface area (Å²) in [5.41, 5.74) is -0.520. The molecular formula is C17H23N5O3. The Labute approximate surface area is 144 Å². The van der Waals surface area contributed by atoms with Crippen molar-refractivity contribution in [1.29, 1.82) is 0 Å². The number of nitrogens with one attached hydrogen (secondary N) is 2. The smallest absolute Gasteiger partial charge is 0.328 e. The van der Waals surface area contributed by atoms with Gasteiger partial charge < -0.3 is 9.88 Å². The van der Waals surface area contributed by atoms with Gasteiger partial charge in [0.05, 0.1) is 0 Å². The summed E-state index contributed by atoms with van der Waals surface area (Å²) in [6.45, 7) is 4.99. The molecule has 0 aromatic carbocycles. The molecule has 2 N–H and O–H groups in total. The van der Waals surface area contributed by atoms with E-state index < -0.39 is 11.2 Å². The number of H-pyrrole nitrogens is 1. The molecule has 2 aromatic rings. The Bertz CT molecular complexity index is 888. The van der Waals surface area contributed by atoms with Gasteiger partial charge in [0.2, 0.25) is 5.91 Å². The van der Waals surface area contributed by atoms with E-state index in [2.05, 4.69) is 26.8 Å². The van der Waals surface area contributed by atoms with Crippen LogP contribution in [0.25, 0.3) is 0 Å². The van der Waals surface area contributed by atoms with Crippen molar-refractivity contribution in [1.82, 2.24) is 24.4 Å². The maximum atomic E-state index is 12.2. The summed E-state index contributed by atoms with van der Waals surface area (Å²) in [6.07, 6.45) is 8.19. The molecule has 0 bridgehead atoms. The largest absolute Gasteiger partial charge is 0.354 e. The maximum absolute atomic E-state index is 12.2. The van der Waals surface area contributed by atoms with Crippen LogP contribution in [0.4, 0.5) is 0 Å². The predicted molar refractivity (Wildman–Crippen MR) is 92.3 cm³/mol. The SMILES string of the molecule is CCc1nccn1CC1(CNC(=O)Cn2cc(C)c(=O)[nH]c2=O)CC1. The fraction of sp³-hybridized carbons (Fsp3) is 0.529. The molecule has 8 heteroatoms. The van der Waals surface area contributed by atoms with Crippen molar-refractivity contribution < 1.29 is 4.79 Å². The van der Waals surface area contributed by atoms with E-state index in [-0.39, 0.29) is 17.9 Å². The average Bonchev–Trinajstić information content (AvgIpc) is 3.19. The summed E-state index contributed by atoms with van der Waals surface area (Å²) in [5.74, 6) is 0.814. The molecule has 0 aliphatic heterocycles. The Morgan fingerprint density at radius 3 is 2.80 bits per heavy atom. The highest BCUT2D eigenvalue weighted by atomic mass is 16.2. The van der Waals surface area contributed by atoms with E-state index in [0.29, 0.717) is 12.1 Å². The first kappa shape index (κ1) is 17.2. The molecule has 2 aromatic heterocycles. The molecule has 25 heavy (non-hydrogen) atoms. The molecule has 0 saturated heterocycles. The third-order valence-corrected chi connectivity index (χ3v) is 4.74. The lowest BCUT2D eigenvalue weighted by atomic mass is 10.1. The Hall–Kier alpha value is -2.64. The van der Waals surface area contributed by atoms with E-state index in [1.54, 1.807) is 13.1 Å². The molecule has 0 spiro atoms. The zero-order chi connectivity index (χ0) is 18.0. The Kier molecular flexibility index (Phi) is 4.61. The maximum Gasteiger partial charge on any atom is 0.328 e. The minimum absolute atomic E-state index is 0.0756. The van der Waals surface area contributed by atoms with Crippen LogP contribution in [0.2, 0.25) is 0 Å². The normalized spacial score (nSPS) is 15.1. The zero-order valence-corrected chi connectivity index (χ0v) is 14.5. The number of rotatable bonds is 7. The van der Waals surface area contributed by atoms with Crippen molar-refractivity contribution in [2.24, 2.45) is 5.41 Å². The number of hydrogen-bond acceptors (Lipinski definition) is 4. The van der Waals surface area contributed by atoms with Crippen LogP contribution in [0.5, 0.6) is 0 Å². The van der Waals surface area contributed by atoms with Gasteiger partial charge in [-0.15, -0.1) is 0 Å². The highest BCUT2D eigenvalue weighted by molar-refractivity contribution is 5.75. The van der Waals surface area contributed by atoms with Crippen molar-refractivity contribution in [2.45, 2.75) is 46.2 Å². The lowest BCUT2D eigenvalue weighted by molar-refractivity contribution is -0.122. The molecule has 1 fully saturated rings. The quantitative estimate of drug-likeness (QED) is 0.748. The molecule has 134 valence electrons. The molecular weight excluding hydrogens is 322 g/mol. The van der Waals surface area contributed by atoms with Crippen LogP contribution in [0.15, 0.2) is 28.2 Å². The van der Waals surface area contributed by atoms with Gasteiger partial charge in [0.25, 0.3) is 5.56 Å². The summed E-state index contributed by atoms with van der Waals surface area (Å²) in [4.78, 5) is 41.8. The van der Waals surface area contributed by atoms with Gasteiger partial charge in [0.15, 0.2) is 0 Å². The topological polar surface area (TPSA) is 102 Å². The molecule has 1 aliphatic carbocycles. The minimum atomic E-state index is -0.571. The van der Waals surface area contributed by atoms with Gasteiger partial charge in [-0.2, -0.15) is 0 Å². The van der Waals surface area contributed by atoms with Crippen LogP contribution < -0.4 is 16.6 Å². The summed E-state index contributed by atoms with van der Waals surface area (Å²) >= 11 is 0. The van der Waals surface area contributed by atoms with Gasteiger partial charge >= 0.3 is 5.69 Å². The number of aromatic amines is 1. The second kappa shape index (κ2) is 6.70. The van der Waals surface area contributed by atoms with Gasteiger partial charge in [-0.05, 0) is 19.8 Å². The zero-order valence-electron chi connectivity index (χ0n) is 14.5. The molecule has 3 rings (SSSR count). The van der Waals surface area contributed by atoms with Gasteiger partial charge in [-0.3, -0.25) is 19.1 Å². The third-order valence-electron chi connectivity index (χ3n) is 4.74. The number of aromatic nitrogens is 4. The van der Waals surface area contributed by atoms with Crippen LogP contribution in [0.1, 0.15) is 31.2 Å². The van der Waals surface area contributed by atoms with Crippen LogP contribution in [0.3, 0.4) is 0 Å². The first-order chi connectivity index (χ1) is 11.9. The van der Waals surface area contributed by atoms with E-state index in [1.807, 2.05) is 6.20 Å². The first-order valence-corrected chi connectivity index (χ1v) is 8.49. The number of nitrogens with zero attached hydrogens (tertiary/aromatic N) is 3. The summed E-state index contributed by atoms with van der Waals surface area (Å²) in [6, 6.07) is 0. The van der Waals surface area contributed by atoms with E-state index in [0.717, 1.165) is 31.6 Å². The van der Waals surface area contributed by atoms with Crippen molar-refractivity contribution in [3.8, 4) is 0 Å². The lowest BCUT2D eigenvalue weighted by Crippen LogP contribution is -2.39.